The van der Waals surface area contributed by atoms with Crippen LogP contribution in [0, 0.1) is 0 Å². The molecule has 0 radical (unpaired) electrons. The largest absolute Gasteiger partial charge is 0.468 e. The molecule has 1 aromatic heterocycles. The Hall–Kier alpha value is -1.10. The predicted molar refractivity (Wildman–Crippen MR) is 76.5 cm³/mol. The Balaban J connectivity index is 0.00000441. The topological polar surface area (TPSA) is 94.3 Å². The van der Waals surface area contributed by atoms with Gasteiger partial charge in [-0.25, -0.2) is 18.1 Å². The van der Waals surface area contributed by atoms with Crippen molar-refractivity contribution in [3.63, 3.8) is 0 Å². The van der Waals surface area contributed by atoms with Crippen LogP contribution >= 0.6 is 12.4 Å². The molecule has 22 heavy (non-hydrogen) atoms. The van der Waals surface area contributed by atoms with E-state index in [9.17, 15) is 21.6 Å². The first-order valence-electron chi connectivity index (χ1n) is 6.10. The average Bonchev–Trinajstić information content (AvgIpc) is 2.41. The Bertz CT molecular complexity index is 538. The summed E-state index contributed by atoms with van der Waals surface area (Å²) in [6.45, 7) is -0.788. The summed E-state index contributed by atoms with van der Waals surface area (Å²) in [5.74, 6) is -0.297. The van der Waals surface area contributed by atoms with Crippen LogP contribution in [-0.2, 0) is 10.0 Å². The van der Waals surface area contributed by atoms with Crippen molar-refractivity contribution in [1.82, 2.24) is 9.71 Å². The number of sulfonamides is 1. The molecule has 0 aromatic carbocycles. The van der Waals surface area contributed by atoms with Crippen LogP contribution in [0.25, 0.3) is 0 Å². The van der Waals surface area contributed by atoms with E-state index in [-0.39, 0.29) is 29.7 Å². The van der Waals surface area contributed by atoms with Crippen LogP contribution in [0.4, 0.5) is 13.2 Å². The van der Waals surface area contributed by atoms with E-state index in [0.29, 0.717) is 19.4 Å². The zero-order valence-corrected chi connectivity index (χ0v) is 13.1. The summed E-state index contributed by atoms with van der Waals surface area (Å²) in [7, 11) is -3.73. The highest BCUT2D eigenvalue weighted by molar-refractivity contribution is 7.89. The van der Waals surface area contributed by atoms with Gasteiger partial charge >= 0.3 is 6.18 Å². The van der Waals surface area contributed by atoms with Gasteiger partial charge in [0.15, 0.2) is 6.61 Å². The van der Waals surface area contributed by atoms with Gasteiger partial charge in [0.1, 0.15) is 4.90 Å². The molecule has 0 aliphatic heterocycles. The second-order valence-electron chi connectivity index (χ2n) is 4.13. The highest BCUT2D eigenvalue weighted by atomic mass is 35.5. The van der Waals surface area contributed by atoms with Crippen molar-refractivity contribution in [2.24, 2.45) is 5.73 Å². The molecule has 1 aromatic rings. The summed E-state index contributed by atoms with van der Waals surface area (Å²) in [5, 5.41) is 0. The maximum absolute atomic E-state index is 11.9. The van der Waals surface area contributed by atoms with E-state index in [0.717, 1.165) is 18.3 Å². The summed E-state index contributed by atoms with van der Waals surface area (Å²) < 4.78 is 66.2. The van der Waals surface area contributed by atoms with E-state index in [1.165, 1.54) is 0 Å². The third kappa shape index (κ3) is 7.78. The number of halogens is 4. The van der Waals surface area contributed by atoms with Crippen LogP contribution < -0.4 is 15.2 Å². The second kappa shape index (κ2) is 9.13. The van der Waals surface area contributed by atoms with Crippen LogP contribution in [0.15, 0.2) is 23.2 Å². The van der Waals surface area contributed by atoms with E-state index in [1.807, 2.05) is 0 Å². The first kappa shape index (κ1) is 20.9. The number of nitrogens with one attached hydrogen (secondary N) is 1. The third-order valence-electron chi connectivity index (χ3n) is 2.33. The fourth-order valence-electron chi connectivity index (χ4n) is 1.33. The highest BCUT2D eigenvalue weighted by Gasteiger charge is 2.28. The number of hydrogen-bond donors (Lipinski definition) is 2. The monoisotopic (exact) mass is 363 g/mol. The highest BCUT2D eigenvalue weighted by Crippen LogP contribution is 2.18. The summed E-state index contributed by atoms with van der Waals surface area (Å²) in [4.78, 5) is 3.39. The number of ether oxygens (including phenoxy) is 1. The van der Waals surface area contributed by atoms with Crippen molar-refractivity contribution in [2.45, 2.75) is 23.9 Å². The number of unbranched alkanes of at least 4 members (excludes halogenated alkanes) is 1. The van der Waals surface area contributed by atoms with E-state index < -0.39 is 22.8 Å². The van der Waals surface area contributed by atoms with Crippen LogP contribution in [-0.4, -0.2) is 39.3 Å². The lowest BCUT2D eigenvalue weighted by Crippen LogP contribution is -2.25. The van der Waals surface area contributed by atoms with Gasteiger partial charge in [-0.1, -0.05) is 0 Å². The quantitative estimate of drug-likeness (QED) is 0.682. The van der Waals surface area contributed by atoms with Gasteiger partial charge in [-0.2, -0.15) is 13.2 Å². The van der Waals surface area contributed by atoms with E-state index >= 15 is 0 Å². The zero-order valence-electron chi connectivity index (χ0n) is 11.5. The number of nitrogens with two attached hydrogens (primary N) is 1. The molecule has 0 unspecified atom stereocenters. The Morgan fingerprint density at radius 3 is 2.45 bits per heavy atom. The number of aromatic nitrogens is 1. The minimum absolute atomic E-state index is 0. The normalized spacial score (nSPS) is 11.8. The molecule has 0 aliphatic carbocycles. The fourth-order valence-corrected chi connectivity index (χ4v) is 2.34. The van der Waals surface area contributed by atoms with Gasteiger partial charge in [-0.3, -0.25) is 0 Å². The van der Waals surface area contributed by atoms with Crippen LogP contribution in [0.2, 0.25) is 0 Å². The van der Waals surface area contributed by atoms with E-state index in [4.69, 9.17) is 5.73 Å². The number of pyridine rings is 1. The first-order chi connectivity index (χ1) is 9.74. The van der Waals surface area contributed by atoms with Gasteiger partial charge < -0.3 is 10.5 Å². The number of rotatable bonds is 8. The second-order valence-corrected chi connectivity index (χ2v) is 5.90. The van der Waals surface area contributed by atoms with E-state index in [2.05, 4.69) is 14.4 Å². The maximum atomic E-state index is 11.9. The van der Waals surface area contributed by atoms with Crippen molar-refractivity contribution in [1.29, 1.82) is 0 Å². The van der Waals surface area contributed by atoms with Crippen LogP contribution in [0.3, 0.4) is 0 Å². The summed E-state index contributed by atoms with van der Waals surface area (Å²) in [5.41, 5.74) is 5.28. The van der Waals surface area contributed by atoms with E-state index in [1.54, 1.807) is 0 Å². The van der Waals surface area contributed by atoms with Gasteiger partial charge in [0.2, 0.25) is 15.9 Å². The molecule has 3 N–H and O–H groups in total. The molecular formula is C11H17ClF3N3O3S. The SMILES string of the molecule is Cl.NCCCCNS(=O)(=O)c1ccc(OCC(F)(F)F)nc1. The lowest BCUT2D eigenvalue weighted by molar-refractivity contribution is -0.154. The smallest absolute Gasteiger partial charge is 0.422 e. The average molecular weight is 364 g/mol. The molecule has 0 saturated heterocycles. The van der Waals surface area contributed by atoms with Gasteiger partial charge in [0, 0.05) is 12.6 Å². The van der Waals surface area contributed by atoms with Gasteiger partial charge in [0.05, 0.1) is 6.20 Å². The fraction of sp³-hybridized carbons (Fsp3) is 0.545. The summed E-state index contributed by atoms with van der Waals surface area (Å²) >= 11 is 0. The minimum atomic E-state index is -4.48. The lowest BCUT2D eigenvalue weighted by Gasteiger charge is -2.09. The maximum Gasteiger partial charge on any atom is 0.422 e. The molecule has 1 heterocycles. The Morgan fingerprint density at radius 1 is 1.27 bits per heavy atom. The predicted octanol–water partition coefficient (Wildman–Crippen LogP) is 1.46. The van der Waals surface area contributed by atoms with Crippen molar-refractivity contribution in [3.8, 4) is 5.88 Å². The molecule has 0 spiro atoms. The molecule has 6 nitrogen and oxygen atoms in total. The molecule has 128 valence electrons. The van der Waals surface area contributed by atoms with Crippen molar-refractivity contribution < 1.29 is 26.3 Å². The molecule has 0 saturated carbocycles. The molecule has 1 rings (SSSR count). The molecule has 0 fully saturated rings. The molecule has 0 atom stereocenters. The van der Waals surface area contributed by atoms with Crippen LogP contribution in [0.5, 0.6) is 5.88 Å². The molecule has 11 heteroatoms. The van der Waals surface area contributed by atoms with Gasteiger partial charge in [-0.15, -0.1) is 12.4 Å². The molecule has 0 amide bonds. The standard InChI is InChI=1S/C11H16F3N3O3S.ClH/c12-11(13,14)8-20-10-4-3-9(7-16-10)21(18,19)17-6-2-1-5-15;/h3-4,7,17H,1-2,5-6,8,15H2;1H. The molecule has 0 aliphatic rings. The number of hydrogen-bond acceptors (Lipinski definition) is 5. The van der Waals surface area contributed by atoms with Crippen molar-refractivity contribution in [3.05, 3.63) is 18.3 Å². The lowest BCUT2D eigenvalue weighted by atomic mass is 10.3. The van der Waals surface area contributed by atoms with Gasteiger partial charge in [0.25, 0.3) is 0 Å². The molecular weight excluding hydrogens is 347 g/mol. The van der Waals surface area contributed by atoms with Crippen molar-refractivity contribution in [2.75, 3.05) is 19.7 Å². The van der Waals surface area contributed by atoms with Crippen LogP contribution in [0.1, 0.15) is 12.8 Å². The number of nitrogens with zero attached hydrogens (tertiary/aromatic N) is 1. The third-order valence-corrected chi connectivity index (χ3v) is 3.77. The van der Waals surface area contributed by atoms with Crippen molar-refractivity contribution >= 4 is 22.4 Å². The summed E-state index contributed by atoms with van der Waals surface area (Å²) in [6, 6.07) is 2.20. The van der Waals surface area contributed by atoms with Gasteiger partial charge in [-0.05, 0) is 25.5 Å². The molecule has 0 bridgehead atoms. The first-order valence-corrected chi connectivity index (χ1v) is 7.58. The minimum Gasteiger partial charge on any atom is -0.468 e. The Kier molecular flexibility index (Phi) is 8.68. The Morgan fingerprint density at radius 2 is 1.95 bits per heavy atom. The Labute approximate surface area is 132 Å². The zero-order chi connectivity index (χ0) is 15.9. The number of alkyl halides is 3. The summed E-state index contributed by atoms with van der Waals surface area (Å²) in [6.07, 6.45) is -2.26.